The van der Waals surface area contributed by atoms with Crippen molar-refractivity contribution in [3.05, 3.63) is 12.2 Å². The maximum atomic E-state index is 11.1. The fourth-order valence-corrected chi connectivity index (χ4v) is 4.30. The van der Waals surface area contributed by atoms with E-state index in [1.165, 1.54) is 64.2 Å². The van der Waals surface area contributed by atoms with E-state index in [1.54, 1.807) is 0 Å². The van der Waals surface area contributed by atoms with Crippen LogP contribution in [0.25, 0.3) is 0 Å². The van der Waals surface area contributed by atoms with Crippen molar-refractivity contribution in [1.82, 2.24) is 0 Å². The van der Waals surface area contributed by atoms with Crippen LogP contribution in [-0.4, -0.2) is 58.8 Å². The Hall–Kier alpha value is -1.89. The molecule has 0 atom stereocenters. The molecule has 0 aromatic carbocycles. The molecule has 0 heterocycles. The number of allylic oxidation sites excluding steroid dienone is 2. The molecule has 0 unspecified atom stereocenters. The van der Waals surface area contributed by atoms with Gasteiger partial charge in [-0.15, -0.1) is 0 Å². The monoisotopic (exact) mass is 469 g/mol. The molecule has 0 aliphatic rings. The lowest BCUT2D eigenvalue weighted by Gasteiger charge is -2.36. The van der Waals surface area contributed by atoms with Crippen molar-refractivity contribution in [2.75, 3.05) is 26.2 Å². The smallest absolute Gasteiger partial charge is 0.359 e. The summed E-state index contributed by atoms with van der Waals surface area (Å²) < 4.78 is -0.502. The number of aliphatic carboxylic acids is 3. The van der Waals surface area contributed by atoms with Gasteiger partial charge in [-0.2, -0.15) is 0 Å². The third kappa shape index (κ3) is 20.4. The summed E-state index contributed by atoms with van der Waals surface area (Å²) in [6.45, 7) is 0.830. The number of unbranched alkanes of at least 4 members (excludes halogenated alkanes) is 14. The van der Waals surface area contributed by atoms with Crippen LogP contribution < -0.4 is 5.11 Å². The molecular weight excluding hydrogens is 422 g/mol. The van der Waals surface area contributed by atoms with Crippen LogP contribution in [0.1, 0.15) is 110 Å². The Labute approximate surface area is 200 Å². The molecule has 0 rings (SSSR count). The van der Waals surface area contributed by atoms with E-state index < -0.39 is 42.0 Å². The van der Waals surface area contributed by atoms with Crippen LogP contribution in [0.5, 0.6) is 0 Å². The molecule has 0 aromatic heterocycles. The van der Waals surface area contributed by atoms with Crippen LogP contribution >= 0.6 is 0 Å². The van der Waals surface area contributed by atoms with Gasteiger partial charge >= 0.3 is 11.9 Å². The lowest BCUT2D eigenvalue weighted by Crippen LogP contribution is -2.59. The van der Waals surface area contributed by atoms with Gasteiger partial charge in [0, 0.05) is 0 Å². The second-order valence-electron chi connectivity index (χ2n) is 9.34. The first-order valence-electron chi connectivity index (χ1n) is 12.9. The Morgan fingerprint density at radius 3 is 1.42 bits per heavy atom. The highest BCUT2D eigenvalue weighted by Gasteiger charge is 2.33. The molecule has 0 aliphatic carbocycles. The minimum atomic E-state index is -1.42. The van der Waals surface area contributed by atoms with Crippen LogP contribution in [0.3, 0.4) is 0 Å². The van der Waals surface area contributed by atoms with E-state index in [0.717, 1.165) is 32.1 Å². The first-order valence-corrected chi connectivity index (χ1v) is 12.9. The van der Waals surface area contributed by atoms with Gasteiger partial charge in [0.2, 0.25) is 0 Å². The first-order chi connectivity index (χ1) is 15.8. The standard InChI is InChI=1S/C26H47NO6/c1-2-3-4-5-6-7-8-9-10-11-12-13-14-15-16-17-18-19-20-27(21-24(28)29,22-25(30)31)23-26(32)33/h10-11H,2-9,12-23H2,1H3,(H2-,28,29,30,31,32,33)/b11-10+. The van der Waals surface area contributed by atoms with E-state index in [0.29, 0.717) is 6.42 Å². The highest BCUT2D eigenvalue weighted by molar-refractivity contribution is 5.72. The molecule has 2 N–H and O–H groups in total. The number of carboxylic acids is 3. The van der Waals surface area contributed by atoms with Gasteiger partial charge in [0.25, 0.3) is 0 Å². The van der Waals surface area contributed by atoms with E-state index in [-0.39, 0.29) is 6.54 Å². The zero-order valence-electron chi connectivity index (χ0n) is 20.8. The Kier molecular flexibility index (Phi) is 19.5. The summed E-state index contributed by atoms with van der Waals surface area (Å²) in [5.74, 6) is -3.82. The van der Waals surface area contributed by atoms with Crippen LogP contribution in [0.2, 0.25) is 0 Å². The minimum absolute atomic E-state index is 0.218. The van der Waals surface area contributed by atoms with E-state index >= 15 is 0 Å². The topological polar surface area (TPSA) is 115 Å². The fraction of sp³-hybridized carbons (Fsp3) is 0.808. The highest BCUT2D eigenvalue weighted by atomic mass is 16.4. The van der Waals surface area contributed by atoms with E-state index in [2.05, 4.69) is 19.1 Å². The SMILES string of the molecule is CCCCCCCCC/C=C/CCCCCCCCC[N+](CC(=O)[O-])(CC(=O)O)CC(=O)O. The normalized spacial score (nSPS) is 11.8. The Morgan fingerprint density at radius 1 is 0.636 bits per heavy atom. The maximum absolute atomic E-state index is 11.1. The Morgan fingerprint density at radius 2 is 1.03 bits per heavy atom. The van der Waals surface area contributed by atoms with Gasteiger partial charge in [-0.1, -0.05) is 83.3 Å². The molecule has 7 heteroatoms. The highest BCUT2D eigenvalue weighted by Crippen LogP contribution is 2.14. The molecule has 7 nitrogen and oxygen atoms in total. The lowest BCUT2D eigenvalue weighted by molar-refractivity contribution is -0.909. The summed E-state index contributed by atoms with van der Waals surface area (Å²) >= 11 is 0. The van der Waals surface area contributed by atoms with Gasteiger partial charge in [0.05, 0.1) is 12.5 Å². The van der Waals surface area contributed by atoms with Crippen LogP contribution in [0.4, 0.5) is 0 Å². The predicted molar refractivity (Wildman–Crippen MR) is 129 cm³/mol. The van der Waals surface area contributed by atoms with Crippen molar-refractivity contribution >= 4 is 17.9 Å². The summed E-state index contributed by atoms with van der Waals surface area (Å²) in [5, 5.41) is 29.3. The Balaban J connectivity index is 3.82. The quantitative estimate of drug-likeness (QED) is 0.122. The number of quaternary nitrogens is 1. The molecule has 33 heavy (non-hydrogen) atoms. The second kappa shape index (κ2) is 20.7. The van der Waals surface area contributed by atoms with Gasteiger partial charge in [0.1, 0.15) is 6.54 Å². The van der Waals surface area contributed by atoms with Crippen molar-refractivity contribution in [2.45, 2.75) is 110 Å². The minimum Gasteiger partial charge on any atom is -0.544 e. The first kappa shape index (κ1) is 31.1. The molecule has 0 aliphatic heterocycles. The number of carbonyl (C=O) groups excluding carboxylic acids is 1. The summed E-state index contributed by atoms with van der Waals surface area (Å²) in [6, 6.07) is 0. The third-order valence-electron chi connectivity index (χ3n) is 6.05. The fourth-order valence-electron chi connectivity index (χ4n) is 4.30. The van der Waals surface area contributed by atoms with Gasteiger partial charge < -0.3 is 24.6 Å². The van der Waals surface area contributed by atoms with Crippen LogP contribution in [-0.2, 0) is 14.4 Å². The number of nitrogens with zero attached hydrogens (tertiary/aromatic N) is 1. The maximum Gasteiger partial charge on any atom is 0.359 e. The zero-order chi connectivity index (χ0) is 24.8. The molecular formula is C26H47NO6. The molecule has 192 valence electrons. The number of carbonyl (C=O) groups is 3. The number of hydrogen-bond acceptors (Lipinski definition) is 4. The molecule has 0 fully saturated rings. The van der Waals surface area contributed by atoms with Crippen molar-refractivity contribution in [2.24, 2.45) is 0 Å². The summed E-state index contributed by atoms with van der Waals surface area (Å²) in [4.78, 5) is 33.3. The molecule has 0 saturated heterocycles. The number of rotatable bonds is 24. The predicted octanol–water partition coefficient (Wildman–Crippen LogP) is 4.54. The number of hydrogen-bond donors (Lipinski definition) is 2. The third-order valence-corrected chi connectivity index (χ3v) is 6.05. The van der Waals surface area contributed by atoms with Crippen molar-refractivity contribution in [1.29, 1.82) is 0 Å². The summed E-state index contributed by atoms with van der Waals surface area (Å²) in [5.41, 5.74) is 0. The molecule has 0 saturated carbocycles. The van der Waals surface area contributed by atoms with E-state index in [4.69, 9.17) is 10.2 Å². The molecule has 0 aromatic rings. The van der Waals surface area contributed by atoms with Crippen molar-refractivity contribution < 1.29 is 34.2 Å². The van der Waals surface area contributed by atoms with Crippen molar-refractivity contribution in [3.63, 3.8) is 0 Å². The van der Waals surface area contributed by atoms with Gasteiger partial charge in [-0.3, -0.25) is 0 Å². The molecule has 0 spiro atoms. The van der Waals surface area contributed by atoms with E-state index in [1.807, 2.05) is 0 Å². The second-order valence-corrected chi connectivity index (χ2v) is 9.34. The average Bonchev–Trinajstić information content (AvgIpc) is 2.71. The van der Waals surface area contributed by atoms with Crippen LogP contribution in [0.15, 0.2) is 12.2 Å². The average molecular weight is 470 g/mol. The largest absolute Gasteiger partial charge is 0.544 e. The van der Waals surface area contributed by atoms with Crippen LogP contribution in [0, 0.1) is 0 Å². The van der Waals surface area contributed by atoms with Gasteiger partial charge in [-0.05, 0) is 38.5 Å². The molecule has 0 bridgehead atoms. The number of carboxylic acid groups (broad SMARTS) is 3. The van der Waals surface area contributed by atoms with E-state index in [9.17, 15) is 19.5 Å². The molecule has 0 amide bonds. The summed E-state index contributed by atoms with van der Waals surface area (Å²) in [6.07, 6.45) is 23.4. The molecule has 0 radical (unpaired) electrons. The van der Waals surface area contributed by atoms with Gasteiger partial charge in [0.15, 0.2) is 13.1 Å². The van der Waals surface area contributed by atoms with Gasteiger partial charge in [-0.25, -0.2) is 9.59 Å². The van der Waals surface area contributed by atoms with Crippen molar-refractivity contribution in [3.8, 4) is 0 Å². The zero-order valence-corrected chi connectivity index (χ0v) is 20.8. The summed E-state index contributed by atoms with van der Waals surface area (Å²) in [7, 11) is 0. The Bertz CT molecular complexity index is 520. The lowest BCUT2D eigenvalue weighted by atomic mass is 10.1.